The van der Waals surface area contributed by atoms with Crippen molar-refractivity contribution in [2.24, 2.45) is 5.73 Å². The molecule has 0 aliphatic rings. The lowest BCUT2D eigenvalue weighted by atomic mass is 10.1. The minimum Gasteiger partial charge on any atom is -0.438 e. The topological polar surface area (TPSA) is 48.1 Å². The van der Waals surface area contributed by atoms with Crippen LogP contribution in [-0.2, 0) is 6.54 Å². The normalized spacial score (nSPS) is 10.4. The molecule has 1 aromatic heterocycles. The Morgan fingerprint density at radius 3 is 2.50 bits per heavy atom. The van der Waals surface area contributed by atoms with Gasteiger partial charge in [0.25, 0.3) is 0 Å². The van der Waals surface area contributed by atoms with Gasteiger partial charge >= 0.3 is 0 Å². The second-order valence-electron chi connectivity index (χ2n) is 4.44. The summed E-state index contributed by atoms with van der Waals surface area (Å²) in [6, 6.07) is 9.91. The van der Waals surface area contributed by atoms with Gasteiger partial charge in [-0.15, -0.1) is 0 Å². The molecular weight excluding hydrogens is 224 g/mol. The van der Waals surface area contributed by atoms with Crippen molar-refractivity contribution in [1.29, 1.82) is 0 Å². The smallest absolute Gasteiger partial charge is 0.224 e. The average molecular weight is 242 g/mol. The largest absolute Gasteiger partial charge is 0.438 e. The van der Waals surface area contributed by atoms with Gasteiger partial charge in [0.15, 0.2) is 0 Å². The van der Waals surface area contributed by atoms with Crippen LogP contribution in [0, 0.1) is 20.8 Å². The highest BCUT2D eigenvalue weighted by atomic mass is 16.5. The van der Waals surface area contributed by atoms with Gasteiger partial charge in [-0.05, 0) is 44.0 Å². The molecule has 2 rings (SSSR count). The van der Waals surface area contributed by atoms with Crippen LogP contribution in [0.15, 0.2) is 30.3 Å². The molecule has 0 aliphatic carbocycles. The summed E-state index contributed by atoms with van der Waals surface area (Å²) in [4.78, 5) is 4.44. The van der Waals surface area contributed by atoms with Crippen molar-refractivity contribution in [2.45, 2.75) is 27.3 Å². The molecule has 1 aromatic carbocycles. The van der Waals surface area contributed by atoms with Gasteiger partial charge in [0.1, 0.15) is 5.75 Å². The molecule has 0 fully saturated rings. The van der Waals surface area contributed by atoms with Crippen LogP contribution in [0.25, 0.3) is 0 Å². The van der Waals surface area contributed by atoms with Gasteiger partial charge in [0.2, 0.25) is 5.88 Å². The number of ether oxygens (including phenoxy) is 1. The number of benzene rings is 1. The summed E-state index contributed by atoms with van der Waals surface area (Å²) in [5.74, 6) is 1.44. The summed E-state index contributed by atoms with van der Waals surface area (Å²) in [6.45, 7) is 6.43. The van der Waals surface area contributed by atoms with E-state index in [1.54, 1.807) is 0 Å². The van der Waals surface area contributed by atoms with E-state index in [4.69, 9.17) is 10.5 Å². The zero-order valence-corrected chi connectivity index (χ0v) is 11.0. The first-order valence-electron chi connectivity index (χ1n) is 6.02. The van der Waals surface area contributed by atoms with Gasteiger partial charge in [-0.25, -0.2) is 4.98 Å². The number of nitrogens with zero attached hydrogens (tertiary/aromatic N) is 1. The summed E-state index contributed by atoms with van der Waals surface area (Å²) < 4.78 is 5.90. The monoisotopic (exact) mass is 242 g/mol. The lowest BCUT2D eigenvalue weighted by molar-refractivity contribution is 0.451. The van der Waals surface area contributed by atoms with Crippen molar-refractivity contribution in [1.82, 2.24) is 4.98 Å². The molecule has 0 spiro atoms. The number of pyridine rings is 1. The van der Waals surface area contributed by atoms with E-state index in [2.05, 4.69) is 4.98 Å². The molecule has 2 aromatic rings. The van der Waals surface area contributed by atoms with Crippen molar-refractivity contribution in [3.05, 3.63) is 52.7 Å². The van der Waals surface area contributed by atoms with Gasteiger partial charge < -0.3 is 10.5 Å². The predicted molar refractivity (Wildman–Crippen MR) is 72.9 cm³/mol. The third-order valence-electron chi connectivity index (χ3n) is 2.94. The lowest BCUT2D eigenvalue weighted by Crippen LogP contribution is -2.05. The maximum absolute atomic E-state index is 5.90. The Morgan fingerprint density at radius 2 is 1.83 bits per heavy atom. The highest BCUT2D eigenvalue weighted by Crippen LogP contribution is 2.28. The molecule has 0 atom stereocenters. The van der Waals surface area contributed by atoms with E-state index in [-0.39, 0.29) is 0 Å². The molecule has 0 bridgehead atoms. The maximum atomic E-state index is 5.90. The van der Waals surface area contributed by atoms with Gasteiger partial charge in [-0.2, -0.15) is 0 Å². The lowest BCUT2D eigenvalue weighted by Gasteiger charge is -2.13. The molecule has 18 heavy (non-hydrogen) atoms. The van der Waals surface area contributed by atoms with Crippen LogP contribution in [0.5, 0.6) is 11.6 Å². The van der Waals surface area contributed by atoms with E-state index in [1.165, 1.54) is 0 Å². The van der Waals surface area contributed by atoms with E-state index in [9.17, 15) is 0 Å². The van der Waals surface area contributed by atoms with E-state index < -0.39 is 0 Å². The minimum absolute atomic E-state index is 0.431. The van der Waals surface area contributed by atoms with Crippen LogP contribution in [0.3, 0.4) is 0 Å². The quantitative estimate of drug-likeness (QED) is 0.898. The Kier molecular flexibility index (Phi) is 3.63. The van der Waals surface area contributed by atoms with E-state index in [0.717, 1.165) is 28.1 Å². The highest BCUT2D eigenvalue weighted by Gasteiger charge is 2.10. The van der Waals surface area contributed by atoms with Crippen LogP contribution >= 0.6 is 0 Å². The summed E-state index contributed by atoms with van der Waals surface area (Å²) in [5, 5.41) is 0. The fraction of sp³-hybridized carbons (Fsp3) is 0.267. The fourth-order valence-corrected chi connectivity index (χ4v) is 1.94. The first kappa shape index (κ1) is 12.6. The summed E-state index contributed by atoms with van der Waals surface area (Å²) in [5.41, 5.74) is 9.88. The molecular formula is C15H18N2O. The Balaban J connectivity index is 2.43. The Bertz CT molecular complexity index is 564. The second-order valence-corrected chi connectivity index (χ2v) is 4.44. The summed E-state index contributed by atoms with van der Waals surface area (Å²) in [7, 11) is 0. The summed E-state index contributed by atoms with van der Waals surface area (Å²) >= 11 is 0. The molecule has 0 saturated carbocycles. The van der Waals surface area contributed by atoms with Crippen molar-refractivity contribution in [2.75, 3.05) is 0 Å². The zero-order chi connectivity index (χ0) is 13.1. The third-order valence-corrected chi connectivity index (χ3v) is 2.94. The van der Waals surface area contributed by atoms with Crippen LogP contribution in [-0.4, -0.2) is 4.98 Å². The Labute approximate surface area is 108 Å². The molecule has 0 aliphatic heterocycles. The molecule has 0 radical (unpaired) electrons. The van der Waals surface area contributed by atoms with Crippen LogP contribution in [0.4, 0.5) is 0 Å². The van der Waals surface area contributed by atoms with Gasteiger partial charge in [0.05, 0.1) is 0 Å². The van der Waals surface area contributed by atoms with Crippen molar-refractivity contribution < 1.29 is 4.74 Å². The Hall–Kier alpha value is -1.87. The molecule has 1 heterocycles. The molecule has 94 valence electrons. The number of aryl methyl sites for hydroxylation is 3. The number of hydrogen-bond donors (Lipinski definition) is 1. The number of nitrogens with two attached hydrogens (primary N) is 1. The molecule has 2 N–H and O–H groups in total. The van der Waals surface area contributed by atoms with Crippen LogP contribution in [0.1, 0.15) is 22.4 Å². The number of para-hydroxylation sites is 1. The van der Waals surface area contributed by atoms with E-state index >= 15 is 0 Å². The standard InChI is InChI=1S/C15H18N2O/c1-10-6-4-5-7-14(10)18-15-13(9-16)11(2)8-12(3)17-15/h4-8H,9,16H2,1-3H3. The van der Waals surface area contributed by atoms with Crippen molar-refractivity contribution in [3.8, 4) is 11.6 Å². The molecule has 3 heteroatoms. The van der Waals surface area contributed by atoms with E-state index in [0.29, 0.717) is 12.4 Å². The third kappa shape index (κ3) is 2.51. The Morgan fingerprint density at radius 1 is 1.11 bits per heavy atom. The van der Waals surface area contributed by atoms with Crippen LogP contribution in [0.2, 0.25) is 0 Å². The van der Waals surface area contributed by atoms with Gasteiger partial charge in [0, 0.05) is 17.8 Å². The minimum atomic E-state index is 0.431. The van der Waals surface area contributed by atoms with E-state index in [1.807, 2.05) is 51.1 Å². The highest BCUT2D eigenvalue weighted by molar-refractivity contribution is 5.41. The maximum Gasteiger partial charge on any atom is 0.224 e. The molecule has 0 amide bonds. The number of hydrogen-bond acceptors (Lipinski definition) is 3. The van der Waals surface area contributed by atoms with Crippen molar-refractivity contribution in [3.63, 3.8) is 0 Å². The average Bonchev–Trinajstić information content (AvgIpc) is 2.31. The molecule has 0 saturated heterocycles. The first-order valence-corrected chi connectivity index (χ1v) is 6.02. The van der Waals surface area contributed by atoms with Crippen molar-refractivity contribution >= 4 is 0 Å². The fourth-order valence-electron chi connectivity index (χ4n) is 1.94. The predicted octanol–water partition coefficient (Wildman–Crippen LogP) is 3.26. The zero-order valence-electron chi connectivity index (χ0n) is 11.0. The van der Waals surface area contributed by atoms with Gasteiger partial charge in [-0.3, -0.25) is 0 Å². The molecule has 3 nitrogen and oxygen atoms in total. The number of aromatic nitrogens is 1. The second kappa shape index (κ2) is 5.19. The summed E-state index contributed by atoms with van der Waals surface area (Å²) in [6.07, 6.45) is 0. The molecule has 0 unspecified atom stereocenters. The van der Waals surface area contributed by atoms with Gasteiger partial charge in [-0.1, -0.05) is 18.2 Å². The first-order chi connectivity index (χ1) is 8.61. The van der Waals surface area contributed by atoms with Crippen LogP contribution < -0.4 is 10.5 Å². The number of rotatable bonds is 3. The SMILES string of the molecule is Cc1cc(C)c(CN)c(Oc2ccccc2C)n1.